The number of carbonyl (C=O) groups is 1. The van der Waals surface area contributed by atoms with E-state index >= 15 is 0 Å². The highest BCUT2D eigenvalue weighted by Crippen LogP contribution is 2.21. The monoisotopic (exact) mass is 214 g/mol. The molecule has 14 heavy (non-hydrogen) atoms. The van der Waals surface area contributed by atoms with Crippen LogP contribution in [-0.4, -0.2) is 12.2 Å². The van der Waals surface area contributed by atoms with E-state index in [0.29, 0.717) is 12.3 Å². The van der Waals surface area contributed by atoms with Crippen LogP contribution < -0.4 is 0 Å². The SMILES string of the molecule is C/C(=C\CCl)C/C=C/C(C)(C)CC=O. The van der Waals surface area contributed by atoms with Crippen molar-refractivity contribution in [1.82, 2.24) is 0 Å². The standard InChI is InChI=1S/C12H19ClO/c1-11(6-9-13)5-4-7-12(2,3)8-10-14/h4,6-7,10H,5,8-9H2,1-3H3/b7-4+,11-6+. The van der Waals surface area contributed by atoms with Crippen LogP contribution in [0, 0.1) is 5.41 Å². The van der Waals surface area contributed by atoms with Crippen molar-refractivity contribution in [2.24, 2.45) is 5.41 Å². The average Bonchev–Trinajstić information content (AvgIpc) is 2.03. The highest BCUT2D eigenvalue weighted by Gasteiger charge is 2.11. The molecule has 0 atom stereocenters. The molecule has 80 valence electrons. The molecule has 0 aliphatic carbocycles. The molecular formula is C12H19ClO. The summed E-state index contributed by atoms with van der Waals surface area (Å²) in [5.74, 6) is 0.567. The van der Waals surface area contributed by atoms with Gasteiger partial charge >= 0.3 is 0 Å². The van der Waals surface area contributed by atoms with Crippen molar-refractivity contribution in [2.45, 2.75) is 33.6 Å². The van der Waals surface area contributed by atoms with E-state index in [0.717, 1.165) is 12.7 Å². The fraction of sp³-hybridized carbons (Fsp3) is 0.583. The Kier molecular flexibility index (Phi) is 6.56. The number of hydrogen-bond acceptors (Lipinski definition) is 1. The maximum Gasteiger partial charge on any atom is 0.120 e. The van der Waals surface area contributed by atoms with Crippen molar-refractivity contribution in [3.8, 4) is 0 Å². The Morgan fingerprint density at radius 1 is 1.43 bits per heavy atom. The van der Waals surface area contributed by atoms with Gasteiger partial charge in [0.1, 0.15) is 6.29 Å². The zero-order valence-electron chi connectivity index (χ0n) is 9.22. The number of hydrogen-bond donors (Lipinski definition) is 0. The van der Waals surface area contributed by atoms with Gasteiger partial charge in [-0.15, -0.1) is 11.6 Å². The van der Waals surface area contributed by atoms with E-state index in [-0.39, 0.29) is 5.41 Å². The summed E-state index contributed by atoms with van der Waals surface area (Å²) in [6, 6.07) is 0. The Morgan fingerprint density at radius 2 is 2.07 bits per heavy atom. The zero-order chi connectivity index (χ0) is 11.0. The van der Waals surface area contributed by atoms with Crippen molar-refractivity contribution in [3.05, 3.63) is 23.8 Å². The summed E-state index contributed by atoms with van der Waals surface area (Å²) in [5.41, 5.74) is 1.24. The molecule has 0 radical (unpaired) electrons. The number of alkyl halides is 1. The zero-order valence-corrected chi connectivity index (χ0v) is 9.97. The third kappa shape index (κ3) is 6.90. The molecule has 0 heterocycles. The molecule has 0 amide bonds. The third-order valence-corrected chi connectivity index (χ3v) is 2.20. The predicted octanol–water partition coefficient (Wildman–Crippen LogP) is 3.73. The van der Waals surface area contributed by atoms with Gasteiger partial charge in [0.15, 0.2) is 0 Å². The Labute approximate surface area is 91.8 Å². The van der Waals surface area contributed by atoms with Crippen molar-refractivity contribution < 1.29 is 4.79 Å². The van der Waals surface area contributed by atoms with E-state index in [9.17, 15) is 4.79 Å². The molecule has 0 saturated carbocycles. The predicted molar refractivity (Wildman–Crippen MR) is 62.7 cm³/mol. The van der Waals surface area contributed by atoms with Crippen LogP contribution in [0.2, 0.25) is 0 Å². The van der Waals surface area contributed by atoms with E-state index in [1.165, 1.54) is 5.57 Å². The van der Waals surface area contributed by atoms with Gasteiger partial charge in [-0.1, -0.05) is 37.6 Å². The van der Waals surface area contributed by atoms with Crippen molar-refractivity contribution in [2.75, 3.05) is 5.88 Å². The lowest BCUT2D eigenvalue weighted by atomic mass is 9.89. The lowest BCUT2D eigenvalue weighted by Gasteiger charge is -2.15. The number of carbonyl (C=O) groups excluding carboxylic acids is 1. The van der Waals surface area contributed by atoms with Gasteiger partial charge in [0.25, 0.3) is 0 Å². The molecule has 0 unspecified atom stereocenters. The molecule has 0 N–H and O–H groups in total. The molecular weight excluding hydrogens is 196 g/mol. The molecule has 0 aromatic heterocycles. The van der Waals surface area contributed by atoms with Gasteiger partial charge in [-0.2, -0.15) is 0 Å². The quantitative estimate of drug-likeness (QED) is 0.374. The second kappa shape index (κ2) is 6.83. The van der Waals surface area contributed by atoms with Gasteiger partial charge in [0, 0.05) is 12.3 Å². The molecule has 0 aliphatic rings. The molecule has 0 fully saturated rings. The first kappa shape index (κ1) is 13.4. The number of aldehydes is 1. The topological polar surface area (TPSA) is 17.1 Å². The summed E-state index contributed by atoms with van der Waals surface area (Å²) in [5, 5.41) is 0. The van der Waals surface area contributed by atoms with Gasteiger partial charge < -0.3 is 4.79 Å². The third-order valence-electron chi connectivity index (χ3n) is 2.04. The van der Waals surface area contributed by atoms with Gasteiger partial charge in [-0.3, -0.25) is 0 Å². The van der Waals surface area contributed by atoms with Crippen LogP contribution >= 0.6 is 11.6 Å². The molecule has 1 nitrogen and oxygen atoms in total. The smallest absolute Gasteiger partial charge is 0.120 e. The Bertz CT molecular complexity index is 226. The maximum absolute atomic E-state index is 10.4. The van der Waals surface area contributed by atoms with Gasteiger partial charge in [-0.05, 0) is 18.8 Å². The average molecular weight is 215 g/mol. The first-order valence-corrected chi connectivity index (χ1v) is 5.38. The fourth-order valence-corrected chi connectivity index (χ4v) is 1.33. The summed E-state index contributed by atoms with van der Waals surface area (Å²) < 4.78 is 0. The van der Waals surface area contributed by atoms with Crippen molar-refractivity contribution in [1.29, 1.82) is 0 Å². The van der Waals surface area contributed by atoms with Crippen LogP contribution in [0.3, 0.4) is 0 Å². The summed E-state index contributed by atoms with van der Waals surface area (Å²) in [6.45, 7) is 6.16. The number of halogens is 1. The van der Waals surface area contributed by atoms with Gasteiger partial charge in [0.2, 0.25) is 0 Å². The Balaban J connectivity index is 4.04. The van der Waals surface area contributed by atoms with Crippen LogP contribution in [0.1, 0.15) is 33.6 Å². The van der Waals surface area contributed by atoms with Gasteiger partial charge in [0.05, 0.1) is 0 Å². The molecule has 0 rings (SSSR count). The molecule has 0 spiro atoms. The second-order valence-electron chi connectivity index (χ2n) is 4.17. The van der Waals surface area contributed by atoms with Crippen LogP contribution in [0.15, 0.2) is 23.8 Å². The first-order valence-electron chi connectivity index (χ1n) is 4.85. The van der Waals surface area contributed by atoms with E-state index in [2.05, 4.69) is 32.9 Å². The molecule has 0 aromatic rings. The fourth-order valence-electron chi connectivity index (χ4n) is 1.06. The first-order chi connectivity index (χ1) is 6.52. The van der Waals surface area contributed by atoms with E-state index in [4.69, 9.17) is 11.6 Å². The van der Waals surface area contributed by atoms with Crippen LogP contribution in [-0.2, 0) is 4.79 Å². The minimum Gasteiger partial charge on any atom is -0.303 e. The van der Waals surface area contributed by atoms with Crippen LogP contribution in [0.25, 0.3) is 0 Å². The lowest BCUT2D eigenvalue weighted by molar-refractivity contribution is -0.109. The van der Waals surface area contributed by atoms with Crippen LogP contribution in [0.5, 0.6) is 0 Å². The van der Waals surface area contributed by atoms with E-state index < -0.39 is 0 Å². The lowest BCUT2D eigenvalue weighted by Crippen LogP contribution is -2.07. The minimum absolute atomic E-state index is 0.0248. The van der Waals surface area contributed by atoms with Gasteiger partial charge in [-0.25, -0.2) is 0 Å². The molecule has 2 heteroatoms. The summed E-state index contributed by atoms with van der Waals surface area (Å²) in [4.78, 5) is 10.4. The minimum atomic E-state index is -0.0248. The highest BCUT2D eigenvalue weighted by molar-refractivity contribution is 6.18. The largest absolute Gasteiger partial charge is 0.303 e. The van der Waals surface area contributed by atoms with E-state index in [1.807, 2.05) is 6.08 Å². The Morgan fingerprint density at radius 3 is 2.57 bits per heavy atom. The number of allylic oxidation sites excluding steroid dienone is 4. The van der Waals surface area contributed by atoms with Crippen LogP contribution in [0.4, 0.5) is 0 Å². The number of rotatable bonds is 6. The summed E-state index contributed by atoms with van der Waals surface area (Å²) in [6.07, 6.45) is 8.63. The summed E-state index contributed by atoms with van der Waals surface area (Å²) >= 11 is 5.57. The second-order valence-corrected chi connectivity index (χ2v) is 4.48. The normalized spacial score (nSPS) is 13.6. The van der Waals surface area contributed by atoms with Crippen molar-refractivity contribution in [3.63, 3.8) is 0 Å². The Hall–Kier alpha value is -0.560. The maximum atomic E-state index is 10.4. The molecule has 0 aliphatic heterocycles. The van der Waals surface area contributed by atoms with E-state index in [1.54, 1.807) is 0 Å². The molecule has 0 aromatic carbocycles. The molecule has 0 bridgehead atoms. The summed E-state index contributed by atoms with van der Waals surface area (Å²) in [7, 11) is 0. The molecule has 0 saturated heterocycles. The highest BCUT2D eigenvalue weighted by atomic mass is 35.5. The van der Waals surface area contributed by atoms with Crippen molar-refractivity contribution >= 4 is 17.9 Å².